The Morgan fingerprint density at radius 2 is 1.00 bits per heavy atom. The summed E-state index contributed by atoms with van der Waals surface area (Å²) >= 11 is 0. The molecule has 0 aromatic heterocycles. The van der Waals surface area contributed by atoms with Crippen LogP contribution in [-0.2, 0) is 0 Å². The Morgan fingerprint density at radius 3 is 1.41 bits per heavy atom. The van der Waals surface area contributed by atoms with Crippen LogP contribution >= 0.6 is 0 Å². The van der Waals surface area contributed by atoms with Crippen molar-refractivity contribution in [2.24, 2.45) is 11.5 Å². The maximum absolute atomic E-state index is 5.46. The van der Waals surface area contributed by atoms with Gasteiger partial charge in [-0.25, -0.2) is 0 Å². The van der Waals surface area contributed by atoms with E-state index in [9.17, 15) is 0 Å². The van der Waals surface area contributed by atoms with Gasteiger partial charge in [0.15, 0.2) is 0 Å². The van der Waals surface area contributed by atoms with Crippen LogP contribution in [0.1, 0.15) is 77.0 Å². The quantitative estimate of drug-likeness (QED) is 0.476. The standard InChI is InChI=1S/C15H32N2/c16-14-12-10-8-6-4-2-1-3-5-7-9-11-13-15-17/h12,14H,1-11,13,15-17H2. The van der Waals surface area contributed by atoms with Crippen molar-refractivity contribution in [1.82, 2.24) is 0 Å². The molecule has 0 rings (SSSR count). The summed E-state index contributed by atoms with van der Waals surface area (Å²) in [5.74, 6) is 0. The van der Waals surface area contributed by atoms with Gasteiger partial charge in [-0.1, -0.05) is 63.9 Å². The van der Waals surface area contributed by atoms with Gasteiger partial charge in [-0.15, -0.1) is 0 Å². The smallest absolute Gasteiger partial charge is 0.00773 e. The third-order valence-electron chi connectivity index (χ3n) is 3.21. The molecule has 0 aliphatic carbocycles. The zero-order valence-electron chi connectivity index (χ0n) is 11.5. The molecule has 17 heavy (non-hydrogen) atoms. The molecular weight excluding hydrogens is 208 g/mol. The lowest BCUT2D eigenvalue weighted by atomic mass is 10.1. The Kier molecular flexibility index (Phi) is 15.0. The van der Waals surface area contributed by atoms with Crippen molar-refractivity contribution in [1.29, 1.82) is 0 Å². The zero-order chi connectivity index (χ0) is 12.6. The van der Waals surface area contributed by atoms with Gasteiger partial charge < -0.3 is 11.5 Å². The first-order chi connectivity index (χ1) is 8.41. The number of hydrogen-bond donors (Lipinski definition) is 2. The van der Waals surface area contributed by atoms with Crippen LogP contribution in [0, 0.1) is 0 Å². The van der Waals surface area contributed by atoms with E-state index in [1.54, 1.807) is 6.20 Å². The highest BCUT2D eigenvalue weighted by atomic mass is 14.5. The predicted molar refractivity (Wildman–Crippen MR) is 77.8 cm³/mol. The van der Waals surface area contributed by atoms with E-state index in [1.807, 2.05) is 0 Å². The van der Waals surface area contributed by atoms with Gasteiger partial charge in [0.1, 0.15) is 0 Å². The zero-order valence-corrected chi connectivity index (χ0v) is 11.5. The van der Waals surface area contributed by atoms with Crippen LogP contribution in [-0.4, -0.2) is 6.54 Å². The highest BCUT2D eigenvalue weighted by Gasteiger charge is 1.92. The summed E-state index contributed by atoms with van der Waals surface area (Å²) in [4.78, 5) is 0. The third-order valence-corrected chi connectivity index (χ3v) is 3.21. The third kappa shape index (κ3) is 15.5. The van der Waals surface area contributed by atoms with E-state index in [0.717, 1.165) is 13.0 Å². The average molecular weight is 240 g/mol. The molecule has 0 bridgehead atoms. The maximum atomic E-state index is 5.46. The second-order valence-electron chi connectivity index (χ2n) is 4.89. The van der Waals surface area contributed by atoms with E-state index >= 15 is 0 Å². The molecule has 0 aliphatic rings. The number of hydrogen-bond acceptors (Lipinski definition) is 2. The molecule has 0 saturated heterocycles. The molecule has 0 unspecified atom stereocenters. The van der Waals surface area contributed by atoms with Gasteiger partial charge in [0, 0.05) is 0 Å². The molecule has 0 amide bonds. The molecular formula is C15H32N2. The Labute approximate surface area is 108 Å². The van der Waals surface area contributed by atoms with Crippen molar-refractivity contribution < 1.29 is 0 Å². The van der Waals surface area contributed by atoms with Crippen LogP contribution in [0.25, 0.3) is 0 Å². The molecule has 0 saturated carbocycles. The first-order valence-electron chi connectivity index (χ1n) is 7.48. The van der Waals surface area contributed by atoms with E-state index in [-0.39, 0.29) is 0 Å². The Hall–Kier alpha value is -0.500. The molecule has 0 heterocycles. The predicted octanol–water partition coefficient (Wildman–Crippen LogP) is 4.10. The topological polar surface area (TPSA) is 52.0 Å². The Morgan fingerprint density at radius 1 is 0.588 bits per heavy atom. The van der Waals surface area contributed by atoms with E-state index in [2.05, 4.69) is 6.08 Å². The molecule has 0 atom stereocenters. The van der Waals surface area contributed by atoms with Gasteiger partial charge in [0.2, 0.25) is 0 Å². The normalized spacial score (nSPS) is 11.4. The van der Waals surface area contributed by atoms with Gasteiger partial charge in [0.25, 0.3) is 0 Å². The van der Waals surface area contributed by atoms with Crippen LogP contribution in [0.3, 0.4) is 0 Å². The molecule has 0 radical (unpaired) electrons. The first kappa shape index (κ1) is 16.5. The monoisotopic (exact) mass is 240 g/mol. The number of unbranched alkanes of at least 4 members (excludes halogenated alkanes) is 11. The number of allylic oxidation sites excluding steroid dienone is 1. The van der Waals surface area contributed by atoms with Crippen molar-refractivity contribution in [3.63, 3.8) is 0 Å². The lowest BCUT2D eigenvalue weighted by molar-refractivity contribution is 0.547. The van der Waals surface area contributed by atoms with Crippen LogP contribution < -0.4 is 11.5 Å². The number of nitrogens with two attached hydrogens (primary N) is 2. The Bertz CT molecular complexity index is 155. The minimum Gasteiger partial charge on any atom is -0.405 e. The van der Waals surface area contributed by atoms with Crippen LogP contribution in [0.2, 0.25) is 0 Å². The molecule has 0 aliphatic heterocycles. The highest BCUT2D eigenvalue weighted by Crippen LogP contribution is 2.11. The summed E-state index contributed by atoms with van der Waals surface area (Å²) in [7, 11) is 0. The van der Waals surface area contributed by atoms with Gasteiger partial charge in [-0.05, 0) is 32.0 Å². The molecule has 0 spiro atoms. The Balaban J connectivity index is 2.89. The van der Waals surface area contributed by atoms with Crippen molar-refractivity contribution in [2.45, 2.75) is 77.0 Å². The summed E-state index contributed by atoms with van der Waals surface area (Å²) in [5, 5.41) is 0. The second-order valence-corrected chi connectivity index (χ2v) is 4.89. The second kappa shape index (κ2) is 15.5. The summed E-state index contributed by atoms with van der Waals surface area (Å²) in [6.07, 6.45) is 19.9. The lowest BCUT2D eigenvalue weighted by Gasteiger charge is -2.02. The van der Waals surface area contributed by atoms with E-state index < -0.39 is 0 Å². The largest absolute Gasteiger partial charge is 0.405 e. The van der Waals surface area contributed by atoms with Crippen LogP contribution in [0.5, 0.6) is 0 Å². The fourth-order valence-corrected chi connectivity index (χ4v) is 2.09. The fraction of sp³-hybridized carbons (Fsp3) is 0.867. The average Bonchev–Trinajstić information content (AvgIpc) is 2.35. The molecule has 0 aromatic rings. The molecule has 0 fully saturated rings. The highest BCUT2D eigenvalue weighted by molar-refractivity contribution is 4.74. The van der Waals surface area contributed by atoms with Gasteiger partial charge >= 0.3 is 0 Å². The van der Waals surface area contributed by atoms with Gasteiger partial charge in [-0.3, -0.25) is 0 Å². The molecule has 0 aromatic carbocycles. The summed E-state index contributed by atoms with van der Waals surface area (Å²) < 4.78 is 0. The van der Waals surface area contributed by atoms with Gasteiger partial charge in [-0.2, -0.15) is 0 Å². The molecule has 2 nitrogen and oxygen atoms in total. The lowest BCUT2D eigenvalue weighted by Crippen LogP contribution is -1.97. The van der Waals surface area contributed by atoms with E-state index in [1.165, 1.54) is 70.6 Å². The van der Waals surface area contributed by atoms with Gasteiger partial charge in [0.05, 0.1) is 0 Å². The first-order valence-corrected chi connectivity index (χ1v) is 7.48. The fourth-order valence-electron chi connectivity index (χ4n) is 2.09. The van der Waals surface area contributed by atoms with Crippen LogP contribution in [0.15, 0.2) is 12.3 Å². The molecule has 102 valence electrons. The van der Waals surface area contributed by atoms with E-state index in [0.29, 0.717) is 0 Å². The summed E-state index contributed by atoms with van der Waals surface area (Å²) in [6.45, 7) is 0.860. The van der Waals surface area contributed by atoms with Crippen molar-refractivity contribution in [2.75, 3.05) is 6.54 Å². The molecule has 4 N–H and O–H groups in total. The van der Waals surface area contributed by atoms with Crippen LogP contribution in [0.4, 0.5) is 0 Å². The van der Waals surface area contributed by atoms with Crippen molar-refractivity contribution >= 4 is 0 Å². The SMILES string of the molecule is NC=CCCCCCCCCCCCCCN. The van der Waals surface area contributed by atoms with E-state index in [4.69, 9.17) is 11.5 Å². The minimum absolute atomic E-state index is 0.860. The summed E-state index contributed by atoms with van der Waals surface area (Å²) in [6, 6.07) is 0. The maximum Gasteiger partial charge on any atom is -0.00773 e. The minimum atomic E-state index is 0.860. The van der Waals surface area contributed by atoms with Crippen molar-refractivity contribution in [3.8, 4) is 0 Å². The molecule has 2 heteroatoms. The van der Waals surface area contributed by atoms with Crippen molar-refractivity contribution in [3.05, 3.63) is 12.3 Å². The summed E-state index contributed by atoms with van der Waals surface area (Å²) in [5.41, 5.74) is 10.7. The number of rotatable bonds is 13.